The summed E-state index contributed by atoms with van der Waals surface area (Å²) in [5.41, 5.74) is 0.209. The lowest BCUT2D eigenvalue weighted by Gasteiger charge is -2.34. The first-order chi connectivity index (χ1) is 10.2. The molecule has 5 nitrogen and oxygen atoms in total. The van der Waals surface area contributed by atoms with Crippen LogP contribution in [0.2, 0.25) is 0 Å². The highest BCUT2D eigenvalue weighted by Gasteiger charge is 2.59. The lowest BCUT2D eigenvalue weighted by molar-refractivity contribution is -0.154. The Morgan fingerprint density at radius 3 is 2.82 bits per heavy atom. The van der Waals surface area contributed by atoms with Crippen LogP contribution in [-0.2, 0) is 19.1 Å². The molecule has 1 N–H and O–H groups in total. The first-order valence-corrected chi connectivity index (χ1v) is 7.99. The topological polar surface area (TPSA) is 72.8 Å². The van der Waals surface area contributed by atoms with Crippen LogP contribution < -0.4 is 0 Å². The van der Waals surface area contributed by atoms with Gasteiger partial charge in [0.2, 0.25) is 0 Å². The number of rotatable bonds is 1. The van der Waals surface area contributed by atoms with Gasteiger partial charge in [-0.05, 0) is 20.3 Å². The normalized spacial score (nSPS) is 47.1. The van der Waals surface area contributed by atoms with Crippen molar-refractivity contribution >= 4 is 11.9 Å². The van der Waals surface area contributed by atoms with E-state index in [0.29, 0.717) is 6.42 Å². The van der Waals surface area contributed by atoms with E-state index in [-0.39, 0.29) is 41.7 Å². The molecule has 5 heteroatoms. The fraction of sp³-hybridized carbons (Fsp3) is 0.765. The summed E-state index contributed by atoms with van der Waals surface area (Å²) in [6.45, 7) is 7.03. The maximum absolute atomic E-state index is 12.1. The monoisotopic (exact) mass is 308 g/mol. The molecule has 1 aliphatic heterocycles. The van der Waals surface area contributed by atoms with E-state index in [9.17, 15) is 14.7 Å². The molecule has 3 rings (SSSR count). The molecule has 7 atom stereocenters. The largest absolute Gasteiger partial charge is 0.462 e. The van der Waals surface area contributed by atoms with E-state index in [2.05, 4.69) is 6.08 Å². The van der Waals surface area contributed by atoms with Crippen LogP contribution >= 0.6 is 0 Å². The minimum absolute atomic E-state index is 0.00124. The molecule has 1 saturated heterocycles. The van der Waals surface area contributed by atoms with Gasteiger partial charge in [-0.1, -0.05) is 18.6 Å². The SMILES string of the molecule is CC(=O)OC1CC(C)(O)C2CC=C(C)C2C2OC(=O)C(C)C12. The van der Waals surface area contributed by atoms with Crippen molar-refractivity contribution in [2.24, 2.45) is 23.7 Å². The molecular formula is C17H24O5. The van der Waals surface area contributed by atoms with Crippen LogP contribution in [0.3, 0.4) is 0 Å². The number of carbonyl (C=O) groups is 2. The summed E-state index contributed by atoms with van der Waals surface area (Å²) in [5.74, 6) is -1.12. The second-order valence-corrected chi connectivity index (χ2v) is 7.29. The third kappa shape index (κ3) is 2.26. The summed E-state index contributed by atoms with van der Waals surface area (Å²) in [6.07, 6.45) is 2.44. The lowest BCUT2D eigenvalue weighted by atomic mass is 9.76. The summed E-state index contributed by atoms with van der Waals surface area (Å²) in [4.78, 5) is 23.6. The van der Waals surface area contributed by atoms with E-state index in [0.717, 1.165) is 12.0 Å². The second-order valence-electron chi connectivity index (χ2n) is 7.29. The van der Waals surface area contributed by atoms with E-state index in [1.54, 1.807) is 6.92 Å². The van der Waals surface area contributed by atoms with Crippen LogP contribution in [0.15, 0.2) is 11.6 Å². The van der Waals surface area contributed by atoms with Gasteiger partial charge in [0.1, 0.15) is 12.2 Å². The zero-order valence-corrected chi connectivity index (χ0v) is 13.5. The van der Waals surface area contributed by atoms with Gasteiger partial charge in [-0.2, -0.15) is 0 Å². The van der Waals surface area contributed by atoms with Gasteiger partial charge in [0.15, 0.2) is 0 Å². The molecule has 3 aliphatic rings. The fourth-order valence-corrected chi connectivity index (χ4v) is 4.68. The van der Waals surface area contributed by atoms with Crippen LogP contribution in [-0.4, -0.2) is 34.9 Å². The summed E-state index contributed by atoms with van der Waals surface area (Å²) in [6, 6.07) is 0. The number of fused-ring (bicyclic) bond motifs is 3. The maximum Gasteiger partial charge on any atom is 0.309 e. The average molecular weight is 308 g/mol. The fourth-order valence-electron chi connectivity index (χ4n) is 4.68. The smallest absolute Gasteiger partial charge is 0.309 e. The Hall–Kier alpha value is -1.36. The van der Waals surface area contributed by atoms with Gasteiger partial charge in [0, 0.05) is 31.1 Å². The molecule has 22 heavy (non-hydrogen) atoms. The van der Waals surface area contributed by atoms with Gasteiger partial charge >= 0.3 is 11.9 Å². The van der Waals surface area contributed by atoms with Crippen molar-refractivity contribution in [1.82, 2.24) is 0 Å². The van der Waals surface area contributed by atoms with Gasteiger partial charge in [0.25, 0.3) is 0 Å². The van der Waals surface area contributed by atoms with Crippen molar-refractivity contribution in [3.8, 4) is 0 Å². The molecule has 0 spiro atoms. The van der Waals surface area contributed by atoms with Gasteiger partial charge in [-0.25, -0.2) is 0 Å². The third-order valence-electron chi connectivity index (χ3n) is 5.75. The molecule has 122 valence electrons. The summed E-state index contributed by atoms with van der Waals surface area (Å²) in [5, 5.41) is 11.0. The Balaban J connectivity index is 2.03. The van der Waals surface area contributed by atoms with Gasteiger partial charge in [0.05, 0.1) is 11.5 Å². The zero-order chi connectivity index (χ0) is 16.2. The Kier molecular flexibility index (Phi) is 3.59. The predicted octanol–water partition coefficient (Wildman–Crippen LogP) is 1.83. The molecule has 7 unspecified atom stereocenters. The third-order valence-corrected chi connectivity index (χ3v) is 5.75. The minimum Gasteiger partial charge on any atom is -0.462 e. The van der Waals surface area contributed by atoms with Crippen LogP contribution in [0.25, 0.3) is 0 Å². The molecule has 0 amide bonds. The number of esters is 2. The summed E-state index contributed by atoms with van der Waals surface area (Å²) >= 11 is 0. The van der Waals surface area contributed by atoms with E-state index < -0.39 is 11.7 Å². The lowest BCUT2D eigenvalue weighted by Crippen LogP contribution is -2.40. The molecule has 0 aromatic heterocycles. The summed E-state index contributed by atoms with van der Waals surface area (Å²) in [7, 11) is 0. The van der Waals surface area contributed by atoms with Crippen molar-refractivity contribution < 1.29 is 24.2 Å². The predicted molar refractivity (Wildman–Crippen MR) is 78.7 cm³/mol. The van der Waals surface area contributed by atoms with Crippen molar-refractivity contribution in [2.75, 3.05) is 0 Å². The molecule has 0 radical (unpaired) electrons. The number of hydrogen-bond acceptors (Lipinski definition) is 5. The first kappa shape index (κ1) is 15.5. The van der Waals surface area contributed by atoms with Crippen molar-refractivity contribution in [3.63, 3.8) is 0 Å². The maximum atomic E-state index is 12.1. The molecular weight excluding hydrogens is 284 g/mol. The number of aliphatic hydroxyl groups is 1. The van der Waals surface area contributed by atoms with E-state index in [1.165, 1.54) is 6.92 Å². The number of allylic oxidation sites excluding steroid dienone is 1. The Bertz CT molecular complexity index is 535. The molecule has 1 saturated carbocycles. The summed E-state index contributed by atoms with van der Waals surface area (Å²) < 4.78 is 11.2. The average Bonchev–Trinajstić information content (AvgIpc) is 2.87. The molecule has 2 aliphatic carbocycles. The molecule has 0 bridgehead atoms. The number of ether oxygens (including phenoxy) is 2. The molecule has 0 aromatic carbocycles. The highest BCUT2D eigenvalue weighted by molar-refractivity contribution is 5.75. The van der Waals surface area contributed by atoms with Gasteiger partial charge in [-0.3, -0.25) is 9.59 Å². The zero-order valence-electron chi connectivity index (χ0n) is 13.5. The number of hydrogen-bond donors (Lipinski definition) is 1. The van der Waals surface area contributed by atoms with E-state index >= 15 is 0 Å². The highest BCUT2D eigenvalue weighted by atomic mass is 16.6. The van der Waals surface area contributed by atoms with Crippen molar-refractivity contribution in [1.29, 1.82) is 0 Å². The van der Waals surface area contributed by atoms with Crippen LogP contribution in [0.5, 0.6) is 0 Å². The van der Waals surface area contributed by atoms with Crippen molar-refractivity contribution in [2.45, 2.75) is 58.3 Å². The van der Waals surface area contributed by atoms with Crippen LogP contribution in [0, 0.1) is 23.7 Å². The highest BCUT2D eigenvalue weighted by Crippen LogP contribution is 2.52. The van der Waals surface area contributed by atoms with Gasteiger partial charge < -0.3 is 14.6 Å². The van der Waals surface area contributed by atoms with Gasteiger partial charge in [-0.15, -0.1) is 0 Å². The standard InChI is InChI=1S/C17H24O5/c1-8-5-6-11-13(8)15-14(9(2)16(19)22-15)12(21-10(3)18)7-17(11,4)20/h5,9,11-15,20H,6-7H2,1-4H3. The Morgan fingerprint density at radius 1 is 1.50 bits per heavy atom. The van der Waals surface area contributed by atoms with Crippen LogP contribution in [0.1, 0.15) is 40.5 Å². The number of carbonyl (C=O) groups excluding carboxylic acids is 2. The Morgan fingerprint density at radius 2 is 2.18 bits per heavy atom. The van der Waals surface area contributed by atoms with E-state index in [1.807, 2.05) is 13.8 Å². The molecule has 1 heterocycles. The minimum atomic E-state index is -0.949. The first-order valence-electron chi connectivity index (χ1n) is 7.99. The van der Waals surface area contributed by atoms with Crippen molar-refractivity contribution in [3.05, 3.63) is 11.6 Å². The second kappa shape index (κ2) is 5.08. The van der Waals surface area contributed by atoms with E-state index in [4.69, 9.17) is 9.47 Å². The van der Waals surface area contributed by atoms with Crippen LogP contribution in [0.4, 0.5) is 0 Å². The quantitative estimate of drug-likeness (QED) is 0.591. The molecule has 0 aromatic rings. The Labute approximate surface area is 130 Å². The molecule has 2 fully saturated rings.